The van der Waals surface area contributed by atoms with Gasteiger partial charge in [-0.15, -0.1) is 0 Å². The summed E-state index contributed by atoms with van der Waals surface area (Å²) in [5.74, 6) is -0.750. The molecule has 3 nitrogen and oxygen atoms in total. The van der Waals surface area contributed by atoms with Gasteiger partial charge in [-0.25, -0.2) is 4.39 Å². The highest BCUT2D eigenvalue weighted by Gasteiger charge is 2.24. The number of hydrogen-bond donors (Lipinski definition) is 0. The van der Waals surface area contributed by atoms with E-state index in [1.54, 1.807) is 11.0 Å². The number of hydrogen-bond acceptors (Lipinski definition) is 2. The van der Waals surface area contributed by atoms with Gasteiger partial charge in [0.2, 0.25) is 0 Å². The predicted octanol–water partition coefficient (Wildman–Crippen LogP) is 2.74. The fraction of sp³-hybridized carbons (Fsp3) is 0.417. The number of nitrogens with zero attached hydrogens (tertiary/aromatic N) is 2. The van der Waals surface area contributed by atoms with Gasteiger partial charge in [0.25, 0.3) is 5.91 Å². The van der Waals surface area contributed by atoms with Crippen LogP contribution in [0.4, 0.5) is 4.39 Å². The maximum Gasteiger partial charge on any atom is 0.258 e. The highest BCUT2D eigenvalue weighted by molar-refractivity contribution is 9.11. The quantitative estimate of drug-likeness (QED) is 0.749. The molecule has 1 aromatic carbocycles. The van der Waals surface area contributed by atoms with E-state index in [-0.39, 0.29) is 11.5 Å². The van der Waals surface area contributed by atoms with Gasteiger partial charge in [0.15, 0.2) is 0 Å². The SMILES string of the molecule is CN1CCN(C(=O)c2c(F)cc(Br)cc2Br)CC1. The Morgan fingerprint density at radius 3 is 2.39 bits per heavy atom. The second-order valence-electron chi connectivity index (χ2n) is 4.34. The van der Waals surface area contributed by atoms with Crippen LogP contribution < -0.4 is 0 Å². The molecule has 0 aliphatic carbocycles. The minimum absolute atomic E-state index is 0.114. The maximum absolute atomic E-state index is 13.9. The average molecular weight is 380 g/mol. The fourth-order valence-corrected chi connectivity index (χ4v) is 3.26. The summed E-state index contributed by atoms with van der Waals surface area (Å²) in [4.78, 5) is 16.1. The maximum atomic E-state index is 13.9. The molecule has 0 radical (unpaired) electrons. The zero-order chi connectivity index (χ0) is 13.3. The van der Waals surface area contributed by atoms with Crippen molar-refractivity contribution in [2.75, 3.05) is 33.2 Å². The summed E-state index contributed by atoms with van der Waals surface area (Å²) in [6, 6.07) is 3.00. The molecule has 0 atom stereocenters. The van der Waals surface area contributed by atoms with Crippen LogP contribution in [0.2, 0.25) is 0 Å². The zero-order valence-electron chi connectivity index (χ0n) is 9.92. The first-order valence-corrected chi connectivity index (χ1v) is 7.20. The van der Waals surface area contributed by atoms with Gasteiger partial charge in [0.1, 0.15) is 5.82 Å². The first kappa shape index (κ1) is 14.0. The Hall–Kier alpha value is -0.460. The van der Waals surface area contributed by atoms with E-state index < -0.39 is 5.82 Å². The zero-order valence-corrected chi connectivity index (χ0v) is 13.1. The minimum Gasteiger partial charge on any atom is -0.336 e. The largest absolute Gasteiger partial charge is 0.336 e. The lowest BCUT2D eigenvalue weighted by atomic mass is 10.1. The molecular weight excluding hydrogens is 367 g/mol. The molecule has 1 saturated heterocycles. The number of benzene rings is 1. The summed E-state index contributed by atoms with van der Waals surface area (Å²) in [5.41, 5.74) is 0.114. The Kier molecular flexibility index (Phi) is 4.40. The number of rotatable bonds is 1. The number of carbonyl (C=O) groups is 1. The molecule has 1 aliphatic rings. The Bertz CT molecular complexity index is 450. The van der Waals surface area contributed by atoms with Crippen LogP contribution in [-0.2, 0) is 0 Å². The lowest BCUT2D eigenvalue weighted by Gasteiger charge is -2.32. The highest BCUT2D eigenvalue weighted by atomic mass is 79.9. The van der Waals surface area contributed by atoms with Gasteiger partial charge in [-0.05, 0) is 35.1 Å². The number of likely N-dealkylation sites (N-methyl/N-ethyl adjacent to an activating group) is 1. The molecule has 18 heavy (non-hydrogen) atoms. The average Bonchev–Trinajstić information content (AvgIpc) is 2.28. The second-order valence-corrected chi connectivity index (χ2v) is 6.11. The third-order valence-corrected chi connectivity index (χ3v) is 4.09. The lowest BCUT2D eigenvalue weighted by molar-refractivity contribution is 0.0658. The summed E-state index contributed by atoms with van der Waals surface area (Å²) in [7, 11) is 2.01. The van der Waals surface area contributed by atoms with Crippen molar-refractivity contribution >= 4 is 37.8 Å². The molecule has 1 aromatic rings. The van der Waals surface area contributed by atoms with Crippen LogP contribution in [0.15, 0.2) is 21.1 Å². The van der Waals surface area contributed by atoms with Crippen molar-refractivity contribution in [3.05, 3.63) is 32.5 Å². The van der Waals surface area contributed by atoms with Crippen LogP contribution >= 0.6 is 31.9 Å². The third kappa shape index (κ3) is 2.92. The molecule has 98 valence electrons. The Balaban J connectivity index is 2.24. The summed E-state index contributed by atoms with van der Waals surface area (Å²) >= 11 is 6.45. The van der Waals surface area contributed by atoms with Crippen LogP contribution in [0, 0.1) is 5.82 Å². The van der Waals surface area contributed by atoms with E-state index in [4.69, 9.17) is 0 Å². The van der Waals surface area contributed by atoms with E-state index in [2.05, 4.69) is 36.8 Å². The molecule has 0 saturated carbocycles. The predicted molar refractivity (Wildman–Crippen MR) is 75.2 cm³/mol. The normalized spacial score (nSPS) is 17.0. The monoisotopic (exact) mass is 378 g/mol. The summed E-state index contributed by atoms with van der Waals surface area (Å²) in [6.45, 7) is 2.91. The van der Waals surface area contributed by atoms with Crippen molar-refractivity contribution in [2.24, 2.45) is 0 Å². The summed E-state index contributed by atoms with van der Waals surface area (Å²) < 4.78 is 15.0. The van der Waals surface area contributed by atoms with E-state index in [1.807, 2.05) is 7.05 Å². The lowest BCUT2D eigenvalue weighted by Crippen LogP contribution is -2.47. The van der Waals surface area contributed by atoms with Crippen LogP contribution in [-0.4, -0.2) is 48.9 Å². The third-order valence-electron chi connectivity index (χ3n) is 3.01. The van der Waals surface area contributed by atoms with Crippen LogP contribution in [0.25, 0.3) is 0 Å². The van der Waals surface area contributed by atoms with E-state index in [0.29, 0.717) is 22.0 Å². The summed E-state index contributed by atoms with van der Waals surface area (Å²) in [5, 5.41) is 0. The molecule has 6 heteroatoms. The van der Waals surface area contributed by atoms with Crippen molar-refractivity contribution in [1.82, 2.24) is 9.80 Å². The molecule has 0 aromatic heterocycles. The molecule has 0 N–H and O–H groups in total. The van der Waals surface area contributed by atoms with Crippen LogP contribution in [0.1, 0.15) is 10.4 Å². The van der Waals surface area contributed by atoms with Crippen molar-refractivity contribution in [1.29, 1.82) is 0 Å². The molecule has 1 fully saturated rings. The number of carbonyl (C=O) groups excluding carboxylic acids is 1. The van der Waals surface area contributed by atoms with E-state index in [1.165, 1.54) is 6.07 Å². The first-order chi connectivity index (χ1) is 8.49. The number of piperazine rings is 1. The topological polar surface area (TPSA) is 23.6 Å². The van der Waals surface area contributed by atoms with Gasteiger partial charge in [0, 0.05) is 35.1 Å². The smallest absolute Gasteiger partial charge is 0.258 e. The number of halogens is 3. The molecular formula is C12H13Br2FN2O. The molecule has 2 rings (SSSR count). The molecule has 0 spiro atoms. The van der Waals surface area contributed by atoms with Gasteiger partial charge in [-0.1, -0.05) is 15.9 Å². The van der Waals surface area contributed by atoms with Gasteiger partial charge >= 0.3 is 0 Å². The van der Waals surface area contributed by atoms with Gasteiger partial charge in [-0.3, -0.25) is 4.79 Å². The molecule has 0 unspecified atom stereocenters. The van der Waals surface area contributed by atoms with Crippen molar-refractivity contribution < 1.29 is 9.18 Å². The molecule has 0 bridgehead atoms. The van der Waals surface area contributed by atoms with E-state index >= 15 is 0 Å². The second kappa shape index (κ2) is 5.67. The first-order valence-electron chi connectivity index (χ1n) is 5.61. The van der Waals surface area contributed by atoms with Crippen molar-refractivity contribution in [3.8, 4) is 0 Å². The van der Waals surface area contributed by atoms with E-state index in [0.717, 1.165) is 13.1 Å². The minimum atomic E-state index is -0.500. The van der Waals surface area contributed by atoms with Gasteiger partial charge in [-0.2, -0.15) is 0 Å². The van der Waals surface area contributed by atoms with Crippen LogP contribution in [0.5, 0.6) is 0 Å². The van der Waals surface area contributed by atoms with Crippen LogP contribution in [0.3, 0.4) is 0 Å². The fourth-order valence-electron chi connectivity index (χ4n) is 1.91. The van der Waals surface area contributed by atoms with Gasteiger partial charge in [0.05, 0.1) is 5.56 Å². The molecule has 1 amide bonds. The van der Waals surface area contributed by atoms with Gasteiger partial charge < -0.3 is 9.80 Å². The molecule has 1 heterocycles. The van der Waals surface area contributed by atoms with Crippen molar-refractivity contribution in [2.45, 2.75) is 0 Å². The van der Waals surface area contributed by atoms with E-state index in [9.17, 15) is 9.18 Å². The summed E-state index contributed by atoms with van der Waals surface area (Å²) in [6.07, 6.45) is 0. The van der Waals surface area contributed by atoms with Crippen molar-refractivity contribution in [3.63, 3.8) is 0 Å². The number of amides is 1. The Morgan fingerprint density at radius 2 is 1.83 bits per heavy atom. The Morgan fingerprint density at radius 1 is 1.22 bits per heavy atom. The standard InChI is InChI=1S/C12H13Br2FN2O/c1-16-2-4-17(5-3-16)12(18)11-9(14)6-8(13)7-10(11)15/h6-7H,2-5H2,1H3. The Labute approximate surface area is 122 Å². The highest BCUT2D eigenvalue weighted by Crippen LogP contribution is 2.26. The molecule has 1 aliphatic heterocycles.